The maximum atomic E-state index is 13.6. The summed E-state index contributed by atoms with van der Waals surface area (Å²) in [6.07, 6.45) is 9.37. The largest absolute Gasteiger partial charge is 0.339 e. The lowest BCUT2D eigenvalue weighted by Crippen LogP contribution is -2.39. The van der Waals surface area contributed by atoms with Crippen molar-refractivity contribution < 1.29 is 4.79 Å². The summed E-state index contributed by atoms with van der Waals surface area (Å²) in [5, 5.41) is 6.14. The number of hydrogen-bond acceptors (Lipinski definition) is 3. The number of benzene rings is 2. The van der Waals surface area contributed by atoms with E-state index in [9.17, 15) is 9.59 Å². The highest BCUT2D eigenvalue weighted by molar-refractivity contribution is 6.07. The zero-order valence-electron chi connectivity index (χ0n) is 20.3. The highest BCUT2D eigenvalue weighted by Crippen LogP contribution is 2.34. The van der Waals surface area contributed by atoms with E-state index in [1.165, 1.54) is 18.4 Å². The number of hydrogen-bond donors (Lipinski definition) is 1. The van der Waals surface area contributed by atoms with E-state index in [1.807, 2.05) is 28.6 Å². The summed E-state index contributed by atoms with van der Waals surface area (Å²) in [6.45, 7) is 3.54. The van der Waals surface area contributed by atoms with Crippen molar-refractivity contribution in [1.29, 1.82) is 0 Å². The second-order valence-corrected chi connectivity index (χ2v) is 10.4. The number of pyridine rings is 1. The molecule has 3 heterocycles. The molecule has 0 bridgehead atoms. The van der Waals surface area contributed by atoms with Gasteiger partial charge in [0, 0.05) is 24.0 Å². The molecule has 2 fully saturated rings. The van der Waals surface area contributed by atoms with E-state index in [1.54, 1.807) is 6.20 Å². The second kappa shape index (κ2) is 8.99. The summed E-state index contributed by atoms with van der Waals surface area (Å²) in [5.41, 5.74) is 4.53. The molecule has 0 spiro atoms. The minimum absolute atomic E-state index is 0.0915. The summed E-state index contributed by atoms with van der Waals surface area (Å²) in [4.78, 5) is 31.4. The maximum absolute atomic E-state index is 13.6. The molecule has 1 amide bonds. The lowest BCUT2D eigenvalue weighted by molar-refractivity contribution is 0.0690. The predicted octanol–water partition coefficient (Wildman–Crippen LogP) is 5.40. The summed E-state index contributed by atoms with van der Waals surface area (Å²) in [6, 6.07) is 14.9. The molecule has 2 aliphatic rings. The van der Waals surface area contributed by atoms with Crippen LogP contribution in [0.1, 0.15) is 66.1 Å². The molecule has 6 heteroatoms. The van der Waals surface area contributed by atoms with Crippen molar-refractivity contribution in [2.75, 3.05) is 13.1 Å². The van der Waals surface area contributed by atoms with Crippen molar-refractivity contribution in [3.63, 3.8) is 0 Å². The van der Waals surface area contributed by atoms with Crippen LogP contribution in [-0.4, -0.2) is 38.7 Å². The molecule has 0 atom stereocenters. The Morgan fingerprint density at radius 2 is 1.77 bits per heavy atom. The maximum Gasteiger partial charge on any atom is 0.259 e. The average Bonchev–Trinajstić information content (AvgIpc) is 3.55. The third kappa shape index (κ3) is 4.05. The van der Waals surface area contributed by atoms with Crippen molar-refractivity contribution in [2.24, 2.45) is 5.92 Å². The van der Waals surface area contributed by atoms with Crippen LogP contribution in [0.4, 0.5) is 0 Å². The zero-order chi connectivity index (χ0) is 23.9. The molecule has 35 heavy (non-hydrogen) atoms. The van der Waals surface area contributed by atoms with E-state index in [4.69, 9.17) is 0 Å². The number of piperidine rings is 1. The van der Waals surface area contributed by atoms with E-state index in [0.717, 1.165) is 72.7 Å². The molecule has 1 aliphatic carbocycles. The molecule has 6 nitrogen and oxygen atoms in total. The van der Waals surface area contributed by atoms with E-state index < -0.39 is 0 Å². The number of nitrogens with zero attached hydrogens (tertiary/aromatic N) is 3. The van der Waals surface area contributed by atoms with Gasteiger partial charge in [-0.1, -0.05) is 43.2 Å². The van der Waals surface area contributed by atoms with Crippen LogP contribution in [-0.2, 0) is 6.42 Å². The monoisotopic (exact) mass is 468 g/mol. The van der Waals surface area contributed by atoms with Crippen LogP contribution in [0.25, 0.3) is 21.8 Å². The van der Waals surface area contributed by atoms with Gasteiger partial charge >= 0.3 is 0 Å². The van der Waals surface area contributed by atoms with Crippen LogP contribution in [0.15, 0.2) is 53.5 Å². The second-order valence-electron chi connectivity index (χ2n) is 10.4. The molecular formula is C29H32N4O2. The first-order chi connectivity index (χ1) is 17.1. The van der Waals surface area contributed by atoms with Gasteiger partial charge < -0.3 is 9.88 Å². The lowest BCUT2D eigenvalue weighted by atomic mass is 9.90. The number of nitrogens with one attached hydrogen (secondary N) is 1. The molecule has 1 saturated heterocycles. The Bertz CT molecular complexity index is 1440. The van der Waals surface area contributed by atoms with Gasteiger partial charge in [-0.15, -0.1) is 0 Å². The number of amides is 1. The van der Waals surface area contributed by atoms with E-state index in [0.29, 0.717) is 17.3 Å². The smallest absolute Gasteiger partial charge is 0.259 e. The minimum atomic E-state index is -0.115. The third-order valence-corrected chi connectivity index (χ3v) is 8.08. The number of carbonyl (C=O) groups excluding carboxylic acids is 1. The highest BCUT2D eigenvalue weighted by atomic mass is 16.2. The number of fused-ring (bicyclic) bond motifs is 3. The van der Waals surface area contributed by atoms with Gasteiger partial charge in [0.05, 0.1) is 28.7 Å². The fourth-order valence-corrected chi connectivity index (χ4v) is 6.11. The Morgan fingerprint density at radius 3 is 2.51 bits per heavy atom. The molecule has 2 aromatic carbocycles. The quantitative estimate of drug-likeness (QED) is 0.436. The van der Waals surface area contributed by atoms with Crippen LogP contribution in [0.2, 0.25) is 0 Å². The molecule has 2 aromatic heterocycles. The van der Waals surface area contributed by atoms with Gasteiger partial charge in [-0.2, -0.15) is 5.10 Å². The van der Waals surface area contributed by atoms with Gasteiger partial charge in [0.15, 0.2) is 0 Å². The number of carbonyl (C=O) groups is 1. The SMILES string of the molecule is Cc1cc2[nH]c(=O)c3cnn(C4CCCC4)c3c2cc1C(=O)N1CCC(Cc2ccccc2)CC1. The summed E-state index contributed by atoms with van der Waals surface area (Å²) < 4.78 is 2.04. The van der Waals surface area contributed by atoms with Crippen molar-refractivity contribution in [3.8, 4) is 0 Å². The standard InChI is InChI=1S/C29H32N4O2/c1-19-15-26-24(27-25(28(34)31-26)18-30-33(27)22-9-5-6-10-22)17-23(19)29(35)32-13-11-21(12-14-32)16-20-7-3-2-4-8-20/h2-4,7-8,15,17-18,21-22H,5-6,9-14,16H2,1H3,(H,31,34). The van der Waals surface area contributed by atoms with Gasteiger partial charge in [-0.25, -0.2) is 0 Å². The van der Waals surface area contributed by atoms with Crippen molar-refractivity contribution in [3.05, 3.63) is 75.7 Å². The normalized spacial score (nSPS) is 17.6. The van der Waals surface area contributed by atoms with Gasteiger partial charge in [0.1, 0.15) is 0 Å². The van der Waals surface area contributed by atoms with E-state index in [-0.39, 0.29) is 11.5 Å². The Morgan fingerprint density at radius 1 is 1.03 bits per heavy atom. The van der Waals surface area contributed by atoms with Gasteiger partial charge in [-0.3, -0.25) is 14.3 Å². The summed E-state index contributed by atoms with van der Waals surface area (Å²) in [5.74, 6) is 0.707. The Balaban J connectivity index is 1.30. The average molecular weight is 469 g/mol. The molecule has 1 saturated carbocycles. The van der Waals surface area contributed by atoms with Crippen LogP contribution in [0.3, 0.4) is 0 Å². The number of aromatic nitrogens is 3. The van der Waals surface area contributed by atoms with Gasteiger partial charge in [-0.05, 0) is 68.2 Å². The van der Waals surface area contributed by atoms with Gasteiger partial charge in [0.2, 0.25) is 0 Å². The molecule has 0 unspecified atom stereocenters. The molecule has 6 rings (SSSR count). The van der Waals surface area contributed by atoms with E-state index in [2.05, 4.69) is 40.4 Å². The molecule has 4 aromatic rings. The van der Waals surface area contributed by atoms with Gasteiger partial charge in [0.25, 0.3) is 11.5 Å². The minimum Gasteiger partial charge on any atom is -0.339 e. The number of aromatic amines is 1. The number of H-pyrrole nitrogens is 1. The Kier molecular flexibility index (Phi) is 5.67. The first-order valence-corrected chi connectivity index (χ1v) is 13.0. The van der Waals surface area contributed by atoms with Crippen molar-refractivity contribution in [2.45, 2.75) is 57.9 Å². The lowest BCUT2D eigenvalue weighted by Gasteiger charge is -2.32. The van der Waals surface area contributed by atoms with Crippen molar-refractivity contribution >= 4 is 27.7 Å². The first kappa shape index (κ1) is 22.1. The van der Waals surface area contributed by atoms with Crippen LogP contribution < -0.4 is 5.56 Å². The van der Waals surface area contributed by atoms with E-state index >= 15 is 0 Å². The first-order valence-electron chi connectivity index (χ1n) is 13.0. The predicted molar refractivity (Wildman–Crippen MR) is 139 cm³/mol. The fraction of sp³-hybridized carbons (Fsp3) is 0.414. The summed E-state index contributed by atoms with van der Waals surface area (Å²) in [7, 11) is 0. The number of rotatable bonds is 4. The Hall–Kier alpha value is -3.41. The Labute approximate surface area is 204 Å². The number of aryl methyl sites for hydroxylation is 1. The molecular weight excluding hydrogens is 436 g/mol. The van der Waals surface area contributed by atoms with Crippen LogP contribution in [0.5, 0.6) is 0 Å². The fourth-order valence-electron chi connectivity index (χ4n) is 6.11. The van der Waals surface area contributed by atoms with Crippen molar-refractivity contribution in [1.82, 2.24) is 19.7 Å². The molecule has 1 aliphatic heterocycles. The van der Waals surface area contributed by atoms with Crippen LogP contribution in [0, 0.1) is 12.8 Å². The molecule has 180 valence electrons. The topological polar surface area (TPSA) is 71.0 Å². The summed E-state index contributed by atoms with van der Waals surface area (Å²) >= 11 is 0. The zero-order valence-corrected chi connectivity index (χ0v) is 20.3. The molecule has 0 radical (unpaired) electrons. The highest BCUT2D eigenvalue weighted by Gasteiger charge is 2.26. The number of likely N-dealkylation sites (tertiary alicyclic amines) is 1. The third-order valence-electron chi connectivity index (χ3n) is 8.08. The molecule has 1 N–H and O–H groups in total. The van der Waals surface area contributed by atoms with Crippen LogP contribution >= 0.6 is 0 Å².